The van der Waals surface area contributed by atoms with Crippen molar-refractivity contribution in [3.8, 4) is 0 Å². The number of likely N-dealkylation sites (tertiary alicyclic amines) is 1. The Kier molecular flexibility index (Phi) is 4.99. The van der Waals surface area contributed by atoms with Crippen LogP contribution in [0.1, 0.15) is 34.1 Å². The van der Waals surface area contributed by atoms with E-state index in [1.54, 1.807) is 11.8 Å². The van der Waals surface area contributed by atoms with E-state index in [2.05, 4.69) is 26.1 Å². The first-order valence-electron chi connectivity index (χ1n) is 6.53. The van der Waals surface area contributed by atoms with Gasteiger partial charge >= 0.3 is 12.0 Å². The summed E-state index contributed by atoms with van der Waals surface area (Å²) in [6, 6.07) is -0.171. The Morgan fingerprint density at radius 2 is 2.06 bits per heavy atom. The number of nitrogens with zero attached hydrogens (tertiary/aromatic N) is 1. The third kappa shape index (κ3) is 4.20. The topological polar surface area (TPSA) is 58.6 Å². The van der Waals surface area contributed by atoms with Crippen LogP contribution in [-0.4, -0.2) is 43.1 Å². The van der Waals surface area contributed by atoms with Crippen LogP contribution in [0.2, 0.25) is 0 Å². The van der Waals surface area contributed by atoms with Crippen LogP contribution in [0, 0.1) is 11.3 Å². The third-order valence-electron chi connectivity index (χ3n) is 3.39. The first-order chi connectivity index (χ1) is 8.34. The molecule has 5 nitrogen and oxygen atoms in total. The van der Waals surface area contributed by atoms with Crippen molar-refractivity contribution in [2.45, 2.75) is 34.1 Å². The highest BCUT2D eigenvalue weighted by Crippen LogP contribution is 2.33. The summed E-state index contributed by atoms with van der Waals surface area (Å²) >= 11 is 0. The van der Waals surface area contributed by atoms with Crippen molar-refractivity contribution in [3.63, 3.8) is 0 Å². The molecule has 0 aliphatic carbocycles. The summed E-state index contributed by atoms with van der Waals surface area (Å²) in [5, 5.41) is 2.59. The molecule has 1 heterocycles. The second-order valence-electron chi connectivity index (χ2n) is 5.76. The van der Waals surface area contributed by atoms with Crippen LogP contribution in [0.5, 0.6) is 0 Å². The molecule has 1 saturated heterocycles. The fourth-order valence-corrected chi connectivity index (χ4v) is 2.12. The van der Waals surface area contributed by atoms with Crippen LogP contribution in [-0.2, 0) is 9.53 Å². The third-order valence-corrected chi connectivity index (χ3v) is 3.39. The minimum Gasteiger partial charge on any atom is -0.465 e. The smallest absolute Gasteiger partial charge is 0.325 e. The normalized spacial score (nSPS) is 19.8. The van der Waals surface area contributed by atoms with E-state index in [-0.39, 0.29) is 18.0 Å². The largest absolute Gasteiger partial charge is 0.465 e. The Labute approximate surface area is 109 Å². The molecule has 104 valence electrons. The molecule has 1 aliphatic heterocycles. The average molecular weight is 256 g/mol. The molecule has 0 aromatic carbocycles. The summed E-state index contributed by atoms with van der Waals surface area (Å²) in [6.07, 6.45) is 1.02. The summed E-state index contributed by atoms with van der Waals surface area (Å²) in [5.41, 5.74) is 0.218. The Morgan fingerprint density at radius 1 is 1.39 bits per heavy atom. The minimum atomic E-state index is -0.391. The lowest BCUT2D eigenvalue weighted by molar-refractivity contribution is -0.141. The molecule has 18 heavy (non-hydrogen) atoms. The van der Waals surface area contributed by atoms with Crippen LogP contribution in [0.25, 0.3) is 0 Å². The van der Waals surface area contributed by atoms with Gasteiger partial charge in [0, 0.05) is 13.1 Å². The molecule has 1 atom stereocenters. The molecule has 0 aromatic rings. The summed E-state index contributed by atoms with van der Waals surface area (Å²) in [6.45, 7) is 10.1. The lowest BCUT2D eigenvalue weighted by Crippen LogP contribution is -2.41. The molecule has 0 spiro atoms. The fraction of sp³-hybridized carbons (Fsp3) is 0.846. The van der Waals surface area contributed by atoms with Crippen molar-refractivity contribution in [2.24, 2.45) is 11.3 Å². The summed E-state index contributed by atoms with van der Waals surface area (Å²) in [4.78, 5) is 24.7. The molecule has 1 N–H and O–H groups in total. The Morgan fingerprint density at radius 3 is 2.56 bits per heavy atom. The molecule has 5 heteroatoms. The summed E-state index contributed by atoms with van der Waals surface area (Å²) in [5.74, 6) is 0.128. The first kappa shape index (κ1) is 14.8. The lowest BCUT2D eigenvalue weighted by atomic mass is 9.80. The monoisotopic (exact) mass is 256 g/mol. The molecule has 1 unspecified atom stereocenters. The molecular formula is C13H24N2O3. The van der Waals surface area contributed by atoms with Crippen molar-refractivity contribution in [2.75, 3.05) is 26.2 Å². The highest BCUT2D eigenvalue weighted by Gasteiger charge is 2.33. The maximum Gasteiger partial charge on any atom is 0.325 e. The molecule has 0 aromatic heterocycles. The van der Waals surface area contributed by atoms with Gasteiger partial charge in [-0.3, -0.25) is 4.79 Å². The number of hydrogen-bond donors (Lipinski definition) is 1. The number of amides is 2. The summed E-state index contributed by atoms with van der Waals surface area (Å²) in [7, 11) is 0. The standard InChI is InChI=1S/C13H24N2O3/c1-5-18-11(16)8-14-12(17)15-7-6-10(9-15)13(2,3)4/h10H,5-9H2,1-4H3,(H,14,17). The van der Waals surface area contributed by atoms with Gasteiger partial charge in [-0.2, -0.15) is 0 Å². The van der Waals surface area contributed by atoms with Gasteiger partial charge in [-0.25, -0.2) is 4.79 Å². The molecule has 1 rings (SSSR count). The number of carbonyl (C=O) groups is 2. The van der Waals surface area contributed by atoms with Gasteiger partial charge in [0.1, 0.15) is 6.54 Å². The van der Waals surface area contributed by atoms with Gasteiger partial charge in [0.15, 0.2) is 0 Å². The van der Waals surface area contributed by atoms with Gasteiger partial charge < -0.3 is 15.0 Å². The zero-order chi connectivity index (χ0) is 13.8. The van der Waals surface area contributed by atoms with Crippen molar-refractivity contribution in [3.05, 3.63) is 0 Å². The molecular weight excluding hydrogens is 232 g/mol. The van der Waals surface area contributed by atoms with Crippen LogP contribution in [0.15, 0.2) is 0 Å². The van der Waals surface area contributed by atoms with E-state index in [1.165, 1.54) is 0 Å². The van der Waals surface area contributed by atoms with Crippen molar-refractivity contribution in [1.29, 1.82) is 0 Å². The fourth-order valence-electron chi connectivity index (χ4n) is 2.12. The Balaban J connectivity index is 2.34. The molecule has 0 saturated carbocycles. The Bertz CT molecular complexity index is 310. The van der Waals surface area contributed by atoms with E-state index in [9.17, 15) is 9.59 Å². The highest BCUT2D eigenvalue weighted by atomic mass is 16.5. The number of ether oxygens (including phenoxy) is 1. The van der Waals surface area contributed by atoms with Gasteiger partial charge in [0.05, 0.1) is 6.61 Å². The average Bonchev–Trinajstić information content (AvgIpc) is 2.75. The second-order valence-corrected chi connectivity index (χ2v) is 5.76. The van der Waals surface area contributed by atoms with Crippen LogP contribution < -0.4 is 5.32 Å². The van der Waals surface area contributed by atoms with E-state index >= 15 is 0 Å². The van der Waals surface area contributed by atoms with Gasteiger partial charge in [-0.15, -0.1) is 0 Å². The maximum atomic E-state index is 11.8. The van der Waals surface area contributed by atoms with E-state index in [0.717, 1.165) is 19.5 Å². The van der Waals surface area contributed by atoms with Crippen molar-refractivity contribution >= 4 is 12.0 Å². The number of urea groups is 1. The number of hydrogen-bond acceptors (Lipinski definition) is 3. The highest BCUT2D eigenvalue weighted by molar-refractivity contribution is 5.81. The molecule has 0 bridgehead atoms. The maximum absolute atomic E-state index is 11.8. The number of esters is 1. The number of carbonyl (C=O) groups excluding carboxylic acids is 2. The van der Waals surface area contributed by atoms with Crippen LogP contribution in [0.4, 0.5) is 4.79 Å². The molecule has 1 aliphatic rings. The van der Waals surface area contributed by atoms with Gasteiger partial charge in [0.2, 0.25) is 0 Å². The molecule has 1 fully saturated rings. The van der Waals surface area contributed by atoms with Crippen LogP contribution in [0.3, 0.4) is 0 Å². The molecule has 0 radical (unpaired) electrons. The zero-order valence-corrected chi connectivity index (χ0v) is 11.8. The predicted octanol–water partition coefficient (Wildman–Crippen LogP) is 1.63. The predicted molar refractivity (Wildman–Crippen MR) is 69.2 cm³/mol. The van der Waals surface area contributed by atoms with Crippen LogP contribution >= 0.6 is 0 Å². The minimum absolute atomic E-state index is 0.0522. The summed E-state index contributed by atoms with van der Waals surface area (Å²) < 4.78 is 4.76. The van der Waals surface area contributed by atoms with Gasteiger partial charge in [0.25, 0.3) is 0 Å². The first-order valence-corrected chi connectivity index (χ1v) is 6.53. The quantitative estimate of drug-likeness (QED) is 0.781. The molecule has 2 amide bonds. The number of rotatable bonds is 3. The van der Waals surface area contributed by atoms with E-state index in [0.29, 0.717) is 12.5 Å². The number of nitrogens with one attached hydrogen (secondary N) is 1. The van der Waals surface area contributed by atoms with Gasteiger partial charge in [-0.05, 0) is 24.7 Å². The van der Waals surface area contributed by atoms with Gasteiger partial charge in [-0.1, -0.05) is 20.8 Å². The SMILES string of the molecule is CCOC(=O)CNC(=O)N1CCC(C(C)(C)C)C1. The van der Waals surface area contributed by atoms with Crippen molar-refractivity contribution in [1.82, 2.24) is 10.2 Å². The zero-order valence-electron chi connectivity index (χ0n) is 11.8. The Hall–Kier alpha value is -1.26. The van der Waals surface area contributed by atoms with E-state index < -0.39 is 5.97 Å². The second kappa shape index (κ2) is 6.07. The van der Waals surface area contributed by atoms with E-state index in [1.807, 2.05) is 0 Å². The lowest BCUT2D eigenvalue weighted by Gasteiger charge is -2.26. The van der Waals surface area contributed by atoms with E-state index in [4.69, 9.17) is 4.74 Å². The van der Waals surface area contributed by atoms with Crippen molar-refractivity contribution < 1.29 is 14.3 Å².